The molecule has 6 nitrogen and oxygen atoms in total. The number of fused-ring (bicyclic) bond motifs is 5. The lowest BCUT2D eigenvalue weighted by atomic mass is 9.46. The number of rotatable bonds is 11. The number of allylic oxidation sites excluding steroid dienone is 1. The van der Waals surface area contributed by atoms with Crippen LogP contribution >= 0.6 is 0 Å². The third-order valence-electron chi connectivity index (χ3n) is 14.3. The molecule has 0 aliphatic heterocycles. The van der Waals surface area contributed by atoms with Crippen LogP contribution in [0.2, 0.25) is 0 Å². The highest BCUT2D eigenvalue weighted by Gasteiger charge is 2.62. The van der Waals surface area contributed by atoms with Gasteiger partial charge in [0.2, 0.25) is 0 Å². The molecule has 54 heavy (non-hydrogen) atoms. The standard InChI is InChI=1S/C48H58O6/c1-31(2)42(53-45(50)34-17-11-7-12-18-34)26-21-32(3)39-24-25-40-38-23-22-36-29-37(52-44(49)33-15-9-6-10-16-33)30-43(54-46(51)35-19-13-8-14-20-35)48(36,5)41(38)27-28-47(39,40)4/h6-20,22,31-32,37-43H,21,23-30H2,1-5H3/t32-,37?,38+,39-,40+,41+,42?,43+,47-,48+/m1/s1. The molecule has 4 aliphatic rings. The lowest BCUT2D eigenvalue weighted by Gasteiger charge is -2.60. The van der Waals surface area contributed by atoms with E-state index in [0.29, 0.717) is 59.1 Å². The molecule has 0 spiro atoms. The van der Waals surface area contributed by atoms with Gasteiger partial charge in [0.05, 0.1) is 16.7 Å². The lowest BCUT2D eigenvalue weighted by molar-refractivity contribution is -0.114. The first-order valence-electron chi connectivity index (χ1n) is 20.5. The molecule has 4 aliphatic carbocycles. The normalized spacial score (nSPS) is 31.2. The van der Waals surface area contributed by atoms with Crippen LogP contribution in [0.3, 0.4) is 0 Å². The van der Waals surface area contributed by atoms with Gasteiger partial charge in [-0.15, -0.1) is 0 Å². The number of benzene rings is 3. The molecule has 0 radical (unpaired) electrons. The topological polar surface area (TPSA) is 78.9 Å². The second-order valence-corrected chi connectivity index (χ2v) is 17.6. The maximum Gasteiger partial charge on any atom is 0.338 e. The van der Waals surface area contributed by atoms with Gasteiger partial charge in [-0.05, 0) is 122 Å². The Morgan fingerprint density at radius 2 is 1.28 bits per heavy atom. The summed E-state index contributed by atoms with van der Waals surface area (Å²) < 4.78 is 18.8. The van der Waals surface area contributed by atoms with E-state index in [2.05, 4.69) is 40.7 Å². The second-order valence-electron chi connectivity index (χ2n) is 17.6. The van der Waals surface area contributed by atoms with Gasteiger partial charge >= 0.3 is 17.9 Å². The molecule has 7 rings (SSSR count). The summed E-state index contributed by atoms with van der Waals surface area (Å²) in [6.45, 7) is 11.6. The fraction of sp³-hybridized carbons (Fsp3) is 0.521. The Balaban J connectivity index is 1.08. The van der Waals surface area contributed by atoms with E-state index >= 15 is 0 Å². The first-order chi connectivity index (χ1) is 26.0. The maximum atomic E-state index is 13.7. The SMILES string of the molecule is CC(C)C(CC[C@@H](C)[C@H]1CC[C@H]2[C@@H]3CC=C4CC(OC(=O)c5ccccc5)C[C@H](OC(=O)c5ccccc5)[C@]4(C)[C@H]3CC[C@]12C)OC(=O)c1ccccc1. The Hall–Kier alpha value is -4.19. The minimum Gasteiger partial charge on any atom is -0.459 e. The fourth-order valence-electron chi connectivity index (χ4n) is 11.4. The van der Waals surface area contributed by atoms with E-state index in [-0.39, 0.29) is 46.9 Å². The number of carbonyl (C=O) groups is 3. The van der Waals surface area contributed by atoms with E-state index in [1.807, 2.05) is 78.9 Å². The highest BCUT2D eigenvalue weighted by atomic mass is 16.6. The van der Waals surface area contributed by atoms with Gasteiger partial charge in [0.25, 0.3) is 0 Å². The van der Waals surface area contributed by atoms with Crippen molar-refractivity contribution in [2.24, 2.45) is 46.3 Å². The lowest BCUT2D eigenvalue weighted by Crippen LogP contribution is -2.57. The van der Waals surface area contributed by atoms with Crippen molar-refractivity contribution in [3.05, 3.63) is 119 Å². The molecule has 3 aromatic carbocycles. The Morgan fingerprint density at radius 3 is 1.87 bits per heavy atom. The smallest absolute Gasteiger partial charge is 0.338 e. The molecule has 0 aromatic heterocycles. The van der Waals surface area contributed by atoms with Crippen LogP contribution in [0.1, 0.15) is 123 Å². The predicted octanol–water partition coefficient (Wildman–Crippen LogP) is 10.9. The van der Waals surface area contributed by atoms with Gasteiger partial charge in [0.15, 0.2) is 0 Å². The first-order valence-corrected chi connectivity index (χ1v) is 20.5. The van der Waals surface area contributed by atoms with Crippen molar-refractivity contribution in [2.75, 3.05) is 0 Å². The molecule has 0 amide bonds. The zero-order valence-electron chi connectivity index (χ0n) is 32.7. The molecule has 286 valence electrons. The number of esters is 3. The highest BCUT2D eigenvalue weighted by Crippen LogP contribution is 2.67. The van der Waals surface area contributed by atoms with E-state index in [9.17, 15) is 14.4 Å². The Bertz CT molecular complexity index is 1800. The molecule has 3 fully saturated rings. The predicted molar refractivity (Wildman–Crippen MR) is 211 cm³/mol. The molecule has 2 unspecified atom stereocenters. The summed E-state index contributed by atoms with van der Waals surface area (Å²) >= 11 is 0. The van der Waals surface area contributed by atoms with Crippen molar-refractivity contribution in [2.45, 2.75) is 111 Å². The van der Waals surface area contributed by atoms with Gasteiger partial charge in [-0.25, -0.2) is 14.4 Å². The Kier molecular flexibility index (Phi) is 11.2. The van der Waals surface area contributed by atoms with E-state index in [0.717, 1.165) is 32.1 Å². The third-order valence-corrected chi connectivity index (χ3v) is 14.3. The minimum absolute atomic E-state index is 0.111. The van der Waals surface area contributed by atoms with Crippen LogP contribution in [0.5, 0.6) is 0 Å². The summed E-state index contributed by atoms with van der Waals surface area (Å²) in [6, 6.07) is 27.7. The molecule has 0 N–H and O–H groups in total. The minimum atomic E-state index is -0.404. The zero-order valence-corrected chi connectivity index (χ0v) is 32.7. The maximum absolute atomic E-state index is 13.7. The summed E-state index contributed by atoms with van der Waals surface area (Å²) in [6.07, 6.45) is 10.3. The number of hydrogen-bond acceptors (Lipinski definition) is 6. The summed E-state index contributed by atoms with van der Waals surface area (Å²) in [5.41, 5.74) is 2.86. The van der Waals surface area contributed by atoms with Crippen LogP contribution in [-0.4, -0.2) is 36.2 Å². The third kappa shape index (κ3) is 7.42. The molecule has 6 heteroatoms. The van der Waals surface area contributed by atoms with Crippen LogP contribution in [-0.2, 0) is 14.2 Å². The van der Waals surface area contributed by atoms with Crippen LogP contribution < -0.4 is 0 Å². The second kappa shape index (κ2) is 15.9. The molecular formula is C48H58O6. The fourth-order valence-corrected chi connectivity index (χ4v) is 11.4. The van der Waals surface area contributed by atoms with Gasteiger partial charge in [-0.1, -0.05) is 101 Å². The van der Waals surface area contributed by atoms with Gasteiger partial charge < -0.3 is 14.2 Å². The van der Waals surface area contributed by atoms with Crippen LogP contribution in [0.15, 0.2) is 103 Å². The summed E-state index contributed by atoms with van der Waals surface area (Å²) in [4.78, 5) is 39.9. The van der Waals surface area contributed by atoms with Gasteiger partial charge in [0, 0.05) is 18.3 Å². The van der Waals surface area contributed by atoms with Crippen molar-refractivity contribution in [1.29, 1.82) is 0 Å². The van der Waals surface area contributed by atoms with Crippen molar-refractivity contribution in [3.63, 3.8) is 0 Å². The van der Waals surface area contributed by atoms with Crippen molar-refractivity contribution in [1.82, 2.24) is 0 Å². The monoisotopic (exact) mass is 730 g/mol. The van der Waals surface area contributed by atoms with Crippen LogP contribution in [0.4, 0.5) is 0 Å². The number of ether oxygens (including phenoxy) is 3. The van der Waals surface area contributed by atoms with Crippen molar-refractivity contribution < 1.29 is 28.6 Å². The Morgan fingerprint density at radius 1 is 0.704 bits per heavy atom. The zero-order chi connectivity index (χ0) is 38.0. The van der Waals surface area contributed by atoms with Crippen LogP contribution in [0.25, 0.3) is 0 Å². The van der Waals surface area contributed by atoms with E-state index in [1.165, 1.54) is 18.4 Å². The van der Waals surface area contributed by atoms with Crippen LogP contribution in [0, 0.1) is 46.3 Å². The molecule has 0 heterocycles. The van der Waals surface area contributed by atoms with Gasteiger partial charge in [-0.3, -0.25) is 0 Å². The molecule has 0 bridgehead atoms. The van der Waals surface area contributed by atoms with Gasteiger partial charge in [-0.2, -0.15) is 0 Å². The van der Waals surface area contributed by atoms with Gasteiger partial charge in [0.1, 0.15) is 18.3 Å². The van der Waals surface area contributed by atoms with Crippen molar-refractivity contribution >= 4 is 17.9 Å². The molecule has 3 saturated carbocycles. The molecule has 10 atom stereocenters. The first kappa shape index (κ1) is 38.1. The molecule has 0 saturated heterocycles. The molecular weight excluding hydrogens is 673 g/mol. The average Bonchev–Trinajstić information content (AvgIpc) is 3.55. The largest absolute Gasteiger partial charge is 0.459 e. The molecule has 3 aromatic rings. The number of hydrogen-bond donors (Lipinski definition) is 0. The summed E-state index contributed by atoms with van der Waals surface area (Å²) in [5.74, 6) is 1.97. The number of carbonyl (C=O) groups excluding carboxylic acids is 3. The Labute approximate surface area is 322 Å². The van der Waals surface area contributed by atoms with E-state index in [1.54, 1.807) is 12.1 Å². The van der Waals surface area contributed by atoms with E-state index in [4.69, 9.17) is 14.2 Å². The summed E-state index contributed by atoms with van der Waals surface area (Å²) in [5, 5.41) is 0. The van der Waals surface area contributed by atoms with E-state index < -0.39 is 6.10 Å². The summed E-state index contributed by atoms with van der Waals surface area (Å²) in [7, 11) is 0. The average molecular weight is 731 g/mol. The quantitative estimate of drug-likeness (QED) is 0.111. The highest BCUT2D eigenvalue weighted by molar-refractivity contribution is 5.90. The van der Waals surface area contributed by atoms with Crippen molar-refractivity contribution in [3.8, 4) is 0 Å².